The summed E-state index contributed by atoms with van der Waals surface area (Å²) in [5, 5.41) is 8.15. The summed E-state index contributed by atoms with van der Waals surface area (Å²) < 4.78 is 5.35. The summed E-state index contributed by atoms with van der Waals surface area (Å²) in [5.74, 6) is 2.25. The zero-order chi connectivity index (χ0) is 25.4. The van der Waals surface area contributed by atoms with Gasteiger partial charge in [0.15, 0.2) is 5.13 Å². The van der Waals surface area contributed by atoms with E-state index in [0.29, 0.717) is 41.0 Å². The third-order valence-electron chi connectivity index (χ3n) is 8.64. The number of thiazole rings is 1. The number of anilines is 1. The van der Waals surface area contributed by atoms with Crippen LogP contribution in [0.4, 0.5) is 5.13 Å². The lowest BCUT2D eigenvalue weighted by atomic mass is 9.54. The van der Waals surface area contributed by atoms with E-state index in [9.17, 15) is 9.59 Å². The number of nitrogens with zero attached hydrogens (tertiary/aromatic N) is 2. The Morgan fingerprint density at radius 2 is 2.14 bits per heavy atom. The van der Waals surface area contributed by atoms with Crippen molar-refractivity contribution in [3.8, 4) is 5.75 Å². The van der Waals surface area contributed by atoms with E-state index in [2.05, 4.69) is 34.5 Å². The zero-order valence-corrected chi connectivity index (χ0v) is 22.3. The van der Waals surface area contributed by atoms with Crippen molar-refractivity contribution in [3.05, 3.63) is 40.4 Å². The van der Waals surface area contributed by atoms with E-state index in [1.165, 1.54) is 29.4 Å². The standard InChI is InChI=1S/C28H35N3O4S/c1-16-15-29-27(36-16)30-25(33)10-6-19-14-24(31-34-4)28(3)12-11-22-21-9-7-20(35-17(2)32)13-18(21)5-8-23(22)26(19)28/h7,9,13,15,19,22-23,26H,5-6,8,10-12,14H2,1-4H3,(H,29,30,33)/b31-24+. The highest BCUT2D eigenvalue weighted by atomic mass is 32.1. The molecule has 1 aromatic heterocycles. The summed E-state index contributed by atoms with van der Waals surface area (Å²) in [5.41, 5.74) is 3.86. The van der Waals surface area contributed by atoms with Crippen molar-refractivity contribution >= 4 is 34.1 Å². The molecule has 0 spiro atoms. The van der Waals surface area contributed by atoms with Gasteiger partial charge in [-0.25, -0.2) is 4.98 Å². The number of esters is 1. The molecule has 0 radical (unpaired) electrons. The molecule has 1 aromatic carbocycles. The molecule has 5 atom stereocenters. The van der Waals surface area contributed by atoms with Crippen molar-refractivity contribution in [2.24, 2.45) is 28.3 Å². The highest BCUT2D eigenvalue weighted by Gasteiger charge is 2.57. The molecule has 0 saturated heterocycles. The number of oxime groups is 1. The van der Waals surface area contributed by atoms with Gasteiger partial charge in [0.25, 0.3) is 0 Å². The van der Waals surface area contributed by atoms with Crippen molar-refractivity contribution in [3.63, 3.8) is 0 Å². The molecule has 1 N–H and O–H groups in total. The summed E-state index contributed by atoms with van der Waals surface area (Å²) in [6, 6.07) is 6.16. The van der Waals surface area contributed by atoms with Gasteiger partial charge in [0, 0.05) is 29.8 Å². The van der Waals surface area contributed by atoms with Gasteiger partial charge < -0.3 is 14.9 Å². The molecule has 7 nitrogen and oxygen atoms in total. The second-order valence-corrected chi connectivity index (χ2v) is 12.0. The number of rotatable bonds is 6. The molecular weight excluding hydrogens is 474 g/mol. The Morgan fingerprint density at radius 3 is 2.86 bits per heavy atom. The topological polar surface area (TPSA) is 89.9 Å². The van der Waals surface area contributed by atoms with E-state index < -0.39 is 0 Å². The molecular formula is C28H35N3O4S. The number of ether oxygens (including phenoxy) is 1. The first-order valence-corrected chi connectivity index (χ1v) is 13.7. The van der Waals surface area contributed by atoms with Crippen molar-refractivity contribution in [2.75, 3.05) is 12.4 Å². The Morgan fingerprint density at radius 1 is 1.31 bits per heavy atom. The van der Waals surface area contributed by atoms with Crippen molar-refractivity contribution in [1.29, 1.82) is 0 Å². The Balaban J connectivity index is 1.36. The number of nitrogens with one attached hydrogen (secondary N) is 1. The number of aromatic nitrogens is 1. The molecule has 2 aromatic rings. The van der Waals surface area contributed by atoms with Crippen LogP contribution < -0.4 is 10.1 Å². The highest BCUT2D eigenvalue weighted by Crippen LogP contribution is 2.62. The van der Waals surface area contributed by atoms with Gasteiger partial charge in [0.2, 0.25) is 5.91 Å². The summed E-state index contributed by atoms with van der Waals surface area (Å²) in [6.07, 6.45) is 8.24. The van der Waals surface area contributed by atoms with Gasteiger partial charge in [-0.15, -0.1) is 11.3 Å². The largest absolute Gasteiger partial charge is 0.427 e. The Hall–Kier alpha value is -2.74. The molecule has 5 rings (SSSR count). The summed E-state index contributed by atoms with van der Waals surface area (Å²) in [7, 11) is 1.63. The Bertz CT molecular complexity index is 1190. The minimum atomic E-state index is -0.287. The molecule has 1 heterocycles. The number of hydrogen-bond acceptors (Lipinski definition) is 7. The third kappa shape index (κ3) is 4.67. The highest BCUT2D eigenvalue weighted by molar-refractivity contribution is 7.15. The molecule has 192 valence electrons. The van der Waals surface area contributed by atoms with E-state index in [1.807, 2.05) is 13.0 Å². The van der Waals surface area contributed by atoms with Crippen LogP contribution in [-0.2, 0) is 20.8 Å². The molecule has 0 bridgehead atoms. The fourth-order valence-corrected chi connectivity index (χ4v) is 7.98. The van der Waals surface area contributed by atoms with Crippen LogP contribution in [0.5, 0.6) is 5.75 Å². The van der Waals surface area contributed by atoms with E-state index in [1.54, 1.807) is 13.3 Å². The maximum Gasteiger partial charge on any atom is 0.308 e. The summed E-state index contributed by atoms with van der Waals surface area (Å²) in [4.78, 5) is 34.8. The lowest BCUT2D eigenvalue weighted by molar-refractivity contribution is -0.131. The fraction of sp³-hybridized carbons (Fsp3) is 0.571. The number of hydrogen-bond donors (Lipinski definition) is 1. The van der Waals surface area contributed by atoms with Gasteiger partial charge in [-0.3, -0.25) is 9.59 Å². The first-order chi connectivity index (χ1) is 17.3. The first-order valence-electron chi connectivity index (χ1n) is 12.9. The van der Waals surface area contributed by atoms with Gasteiger partial charge in [0.1, 0.15) is 12.9 Å². The number of carbonyl (C=O) groups excluding carboxylic acids is 2. The van der Waals surface area contributed by atoms with Gasteiger partial charge in [-0.1, -0.05) is 18.1 Å². The smallest absolute Gasteiger partial charge is 0.308 e. The first kappa shape index (κ1) is 24.9. The number of benzene rings is 1. The average molecular weight is 510 g/mol. The fourth-order valence-electron chi connectivity index (χ4n) is 7.30. The number of amides is 1. The Kier molecular flexibility index (Phi) is 6.90. The third-order valence-corrected chi connectivity index (χ3v) is 9.47. The molecule has 2 fully saturated rings. The van der Waals surface area contributed by atoms with Crippen LogP contribution in [0.3, 0.4) is 0 Å². The predicted molar refractivity (Wildman–Crippen MR) is 140 cm³/mol. The SMILES string of the molecule is CO/N=C1\CC(CCC(=O)Nc2ncc(C)s2)C2C3CCc4cc(OC(C)=O)ccc4C3CCC12C. The summed E-state index contributed by atoms with van der Waals surface area (Å²) in [6.45, 7) is 5.79. The average Bonchev–Trinajstić information content (AvgIpc) is 3.37. The van der Waals surface area contributed by atoms with Crippen LogP contribution in [0, 0.1) is 30.1 Å². The van der Waals surface area contributed by atoms with Gasteiger partial charge in [-0.05, 0) is 92.4 Å². The minimum Gasteiger partial charge on any atom is -0.427 e. The van der Waals surface area contributed by atoms with Crippen LogP contribution in [-0.4, -0.2) is 29.7 Å². The monoisotopic (exact) mass is 509 g/mol. The molecule has 5 unspecified atom stereocenters. The normalized spacial score (nSPS) is 29.7. The quantitative estimate of drug-likeness (QED) is 0.298. The molecule has 1 amide bonds. The summed E-state index contributed by atoms with van der Waals surface area (Å²) >= 11 is 1.50. The Labute approximate surface area is 216 Å². The molecule has 3 aliphatic rings. The van der Waals surface area contributed by atoms with Crippen LogP contribution in [0.15, 0.2) is 29.6 Å². The van der Waals surface area contributed by atoms with Gasteiger partial charge in [-0.2, -0.15) is 0 Å². The zero-order valence-electron chi connectivity index (χ0n) is 21.5. The van der Waals surface area contributed by atoms with Crippen molar-refractivity contribution in [1.82, 2.24) is 4.98 Å². The van der Waals surface area contributed by atoms with Crippen LogP contribution in [0.1, 0.15) is 74.3 Å². The number of carbonyl (C=O) groups is 2. The van der Waals surface area contributed by atoms with Gasteiger partial charge >= 0.3 is 5.97 Å². The van der Waals surface area contributed by atoms with Crippen molar-refractivity contribution < 1.29 is 19.2 Å². The lowest BCUT2D eigenvalue weighted by Gasteiger charge is -2.50. The molecule has 2 saturated carbocycles. The number of fused-ring (bicyclic) bond motifs is 5. The second kappa shape index (κ2) is 9.96. The van der Waals surface area contributed by atoms with Crippen LogP contribution >= 0.6 is 11.3 Å². The molecule has 3 aliphatic carbocycles. The minimum absolute atomic E-state index is 0.0000753. The van der Waals surface area contributed by atoms with Crippen LogP contribution in [0.25, 0.3) is 0 Å². The second-order valence-electron chi connectivity index (χ2n) is 10.8. The van der Waals surface area contributed by atoms with Crippen molar-refractivity contribution in [2.45, 2.75) is 71.6 Å². The predicted octanol–water partition coefficient (Wildman–Crippen LogP) is 5.88. The molecule has 0 aliphatic heterocycles. The van der Waals surface area contributed by atoms with Gasteiger partial charge in [0.05, 0.1) is 5.71 Å². The maximum absolute atomic E-state index is 12.7. The van der Waals surface area contributed by atoms with E-state index in [0.717, 1.165) is 49.1 Å². The molecule has 36 heavy (non-hydrogen) atoms. The molecule has 8 heteroatoms. The van der Waals surface area contributed by atoms with E-state index in [4.69, 9.17) is 9.57 Å². The van der Waals surface area contributed by atoms with E-state index in [-0.39, 0.29) is 17.3 Å². The van der Waals surface area contributed by atoms with E-state index >= 15 is 0 Å². The van der Waals surface area contributed by atoms with Crippen LogP contribution in [0.2, 0.25) is 0 Å². The lowest BCUT2D eigenvalue weighted by Crippen LogP contribution is -2.44. The maximum atomic E-state index is 12.7. The number of aryl methyl sites for hydroxylation is 2.